The molecule has 0 spiro atoms. The highest BCUT2D eigenvalue weighted by atomic mass is 35.5. The molecule has 2 nitrogen and oxygen atoms in total. The minimum Gasteiger partial charge on any atom is -0.287 e. The number of pyridine rings is 1. The molecule has 0 saturated carbocycles. The standard InChI is InChI=1S/C9H11ClNOS/c1-7(12-13(2)3)8-4-5-9(10)11-6-8/h4-6H,1H2,2-3H3/q+1. The van der Waals surface area contributed by atoms with Crippen molar-refractivity contribution in [2.24, 2.45) is 0 Å². The Morgan fingerprint density at radius 2 is 2.23 bits per heavy atom. The zero-order valence-electron chi connectivity index (χ0n) is 7.58. The van der Waals surface area contributed by atoms with Gasteiger partial charge in [0.25, 0.3) is 0 Å². The molecule has 0 amide bonds. The average molecular weight is 217 g/mol. The van der Waals surface area contributed by atoms with E-state index in [2.05, 4.69) is 11.6 Å². The van der Waals surface area contributed by atoms with Crippen molar-refractivity contribution >= 4 is 28.5 Å². The number of hydrogen-bond donors (Lipinski definition) is 0. The summed E-state index contributed by atoms with van der Waals surface area (Å²) in [4.78, 5) is 3.94. The van der Waals surface area contributed by atoms with Gasteiger partial charge in [0.05, 0.1) is 0 Å². The third kappa shape index (κ3) is 3.28. The van der Waals surface area contributed by atoms with Gasteiger partial charge >= 0.3 is 0 Å². The molecule has 1 heterocycles. The van der Waals surface area contributed by atoms with E-state index in [1.54, 1.807) is 12.3 Å². The van der Waals surface area contributed by atoms with Gasteiger partial charge in [-0.25, -0.2) is 4.98 Å². The van der Waals surface area contributed by atoms with E-state index in [4.69, 9.17) is 15.8 Å². The third-order valence-corrected chi connectivity index (χ3v) is 2.07. The average Bonchev–Trinajstić information content (AvgIpc) is 2.04. The van der Waals surface area contributed by atoms with Crippen molar-refractivity contribution in [3.05, 3.63) is 35.6 Å². The molecule has 0 aliphatic rings. The van der Waals surface area contributed by atoms with Crippen LogP contribution in [0.15, 0.2) is 24.9 Å². The molecular weight excluding hydrogens is 206 g/mol. The molecule has 0 aliphatic heterocycles. The minimum atomic E-state index is -0.112. The number of aromatic nitrogens is 1. The second-order valence-electron chi connectivity index (χ2n) is 2.62. The Balaban J connectivity index is 2.72. The molecule has 0 saturated heterocycles. The van der Waals surface area contributed by atoms with Crippen LogP contribution in [-0.2, 0) is 15.4 Å². The molecular formula is C9H11ClNOS+. The molecule has 4 heteroatoms. The molecule has 13 heavy (non-hydrogen) atoms. The monoisotopic (exact) mass is 216 g/mol. The summed E-state index contributed by atoms with van der Waals surface area (Å²) in [7, 11) is 0. The first kappa shape index (κ1) is 10.4. The minimum absolute atomic E-state index is 0.112. The SMILES string of the molecule is C=C(O[S+](C)C)c1ccc(Cl)nc1. The van der Waals surface area contributed by atoms with Crippen molar-refractivity contribution < 1.29 is 4.18 Å². The highest BCUT2D eigenvalue weighted by Crippen LogP contribution is 2.16. The van der Waals surface area contributed by atoms with Crippen LogP contribution >= 0.6 is 11.6 Å². The maximum absolute atomic E-state index is 5.64. The van der Waals surface area contributed by atoms with E-state index in [1.165, 1.54) is 0 Å². The molecule has 0 aliphatic carbocycles. The highest BCUT2D eigenvalue weighted by molar-refractivity contribution is 7.91. The second-order valence-corrected chi connectivity index (χ2v) is 4.65. The zero-order chi connectivity index (χ0) is 9.84. The number of rotatable bonds is 3. The van der Waals surface area contributed by atoms with Gasteiger partial charge in [0.15, 0.2) is 16.9 Å². The largest absolute Gasteiger partial charge is 0.287 e. The van der Waals surface area contributed by atoms with Gasteiger partial charge in [-0.3, -0.25) is 4.18 Å². The summed E-state index contributed by atoms with van der Waals surface area (Å²) < 4.78 is 5.43. The molecule has 0 fully saturated rings. The van der Waals surface area contributed by atoms with Gasteiger partial charge in [-0.05, 0) is 18.7 Å². The topological polar surface area (TPSA) is 22.1 Å². The lowest BCUT2D eigenvalue weighted by molar-refractivity contribution is 0.593. The first-order valence-electron chi connectivity index (χ1n) is 3.66. The van der Waals surface area contributed by atoms with Crippen LogP contribution in [0.2, 0.25) is 5.15 Å². The lowest BCUT2D eigenvalue weighted by Crippen LogP contribution is -2.00. The predicted molar refractivity (Wildman–Crippen MR) is 58.6 cm³/mol. The number of halogens is 1. The van der Waals surface area contributed by atoms with Gasteiger partial charge in [-0.2, -0.15) is 0 Å². The Labute approximate surface area is 86.1 Å². The van der Waals surface area contributed by atoms with Gasteiger partial charge < -0.3 is 0 Å². The molecule has 70 valence electrons. The van der Waals surface area contributed by atoms with E-state index >= 15 is 0 Å². The maximum atomic E-state index is 5.64. The van der Waals surface area contributed by atoms with Crippen molar-refractivity contribution in [1.82, 2.24) is 4.98 Å². The first-order valence-corrected chi connectivity index (χ1v) is 6.01. The van der Waals surface area contributed by atoms with Crippen molar-refractivity contribution in [2.75, 3.05) is 12.5 Å². The van der Waals surface area contributed by atoms with Gasteiger partial charge in [0.2, 0.25) is 0 Å². The number of nitrogens with zero attached hydrogens (tertiary/aromatic N) is 1. The fourth-order valence-electron chi connectivity index (χ4n) is 0.790. The van der Waals surface area contributed by atoms with E-state index in [0.717, 1.165) is 5.56 Å². The van der Waals surface area contributed by atoms with Gasteiger partial charge in [0.1, 0.15) is 17.7 Å². The summed E-state index contributed by atoms with van der Waals surface area (Å²) in [5.41, 5.74) is 0.866. The van der Waals surface area contributed by atoms with Gasteiger partial charge in [-0.1, -0.05) is 11.6 Å². The molecule has 0 N–H and O–H groups in total. The quantitative estimate of drug-likeness (QED) is 0.440. The van der Waals surface area contributed by atoms with Crippen LogP contribution in [-0.4, -0.2) is 17.5 Å². The molecule has 0 unspecified atom stereocenters. The molecule has 1 aromatic heterocycles. The molecule has 0 radical (unpaired) electrons. The van der Waals surface area contributed by atoms with Crippen LogP contribution in [0.4, 0.5) is 0 Å². The summed E-state index contributed by atoms with van der Waals surface area (Å²) in [6, 6.07) is 3.55. The maximum Gasteiger partial charge on any atom is 0.191 e. The van der Waals surface area contributed by atoms with Crippen molar-refractivity contribution in [1.29, 1.82) is 0 Å². The van der Waals surface area contributed by atoms with Crippen molar-refractivity contribution in [2.45, 2.75) is 0 Å². The van der Waals surface area contributed by atoms with Crippen molar-refractivity contribution in [3.8, 4) is 0 Å². The summed E-state index contributed by atoms with van der Waals surface area (Å²) >= 11 is 5.53. The zero-order valence-corrected chi connectivity index (χ0v) is 9.15. The van der Waals surface area contributed by atoms with E-state index in [1.807, 2.05) is 18.6 Å². The van der Waals surface area contributed by atoms with Crippen LogP contribution in [0, 0.1) is 0 Å². The molecule has 0 aromatic carbocycles. The lowest BCUT2D eigenvalue weighted by Gasteiger charge is -2.02. The number of hydrogen-bond acceptors (Lipinski definition) is 2. The van der Waals surface area contributed by atoms with E-state index in [0.29, 0.717) is 10.9 Å². The highest BCUT2D eigenvalue weighted by Gasteiger charge is 2.09. The Morgan fingerprint density at radius 3 is 2.69 bits per heavy atom. The van der Waals surface area contributed by atoms with Gasteiger partial charge in [0, 0.05) is 11.8 Å². The lowest BCUT2D eigenvalue weighted by atomic mass is 10.2. The van der Waals surface area contributed by atoms with Crippen LogP contribution in [0.5, 0.6) is 0 Å². The Hall–Kier alpha value is -0.670. The Bertz CT molecular complexity index is 297. The molecule has 1 rings (SSSR count). The summed E-state index contributed by atoms with van der Waals surface area (Å²) in [6.07, 6.45) is 5.61. The molecule has 0 bridgehead atoms. The smallest absolute Gasteiger partial charge is 0.191 e. The fraction of sp³-hybridized carbons (Fsp3) is 0.222. The fourth-order valence-corrected chi connectivity index (χ4v) is 1.40. The second kappa shape index (κ2) is 4.53. The third-order valence-electron chi connectivity index (χ3n) is 1.32. The summed E-state index contributed by atoms with van der Waals surface area (Å²) in [5, 5.41) is 0.476. The van der Waals surface area contributed by atoms with E-state index in [-0.39, 0.29) is 11.2 Å². The normalized spacial score (nSPS) is 10.2. The first-order chi connectivity index (χ1) is 6.09. The Morgan fingerprint density at radius 1 is 1.54 bits per heavy atom. The Kier molecular flexibility index (Phi) is 3.63. The van der Waals surface area contributed by atoms with E-state index < -0.39 is 0 Å². The van der Waals surface area contributed by atoms with Crippen molar-refractivity contribution in [3.63, 3.8) is 0 Å². The predicted octanol–water partition coefficient (Wildman–Crippen LogP) is 2.52. The van der Waals surface area contributed by atoms with Gasteiger partial charge in [-0.15, -0.1) is 0 Å². The van der Waals surface area contributed by atoms with Crippen LogP contribution in [0.1, 0.15) is 5.56 Å². The molecule has 0 atom stereocenters. The summed E-state index contributed by atoms with van der Waals surface area (Å²) in [5.74, 6) is 0.637. The van der Waals surface area contributed by atoms with Crippen LogP contribution < -0.4 is 0 Å². The van der Waals surface area contributed by atoms with Crippen LogP contribution in [0.3, 0.4) is 0 Å². The molecule has 1 aromatic rings. The summed E-state index contributed by atoms with van der Waals surface area (Å²) in [6.45, 7) is 3.80. The van der Waals surface area contributed by atoms with Crippen LogP contribution in [0.25, 0.3) is 5.76 Å². The van der Waals surface area contributed by atoms with E-state index in [9.17, 15) is 0 Å².